The van der Waals surface area contributed by atoms with Gasteiger partial charge in [-0.25, -0.2) is 9.78 Å². The maximum absolute atomic E-state index is 12.1. The fourth-order valence-electron chi connectivity index (χ4n) is 3.61. The molecule has 0 spiro atoms. The van der Waals surface area contributed by atoms with E-state index in [0.29, 0.717) is 58.5 Å². The minimum absolute atomic E-state index is 0.0551. The van der Waals surface area contributed by atoms with Gasteiger partial charge in [-0.05, 0) is 31.5 Å². The summed E-state index contributed by atoms with van der Waals surface area (Å²) >= 11 is 13.8. The van der Waals surface area contributed by atoms with Gasteiger partial charge in [-0.2, -0.15) is 4.52 Å². The molecular formula is C19H21Cl2N5O3S. The molecule has 1 amide bonds. The molecule has 1 saturated heterocycles. The summed E-state index contributed by atoms with van der Waals surface area (Å²) in [5, 5.41) is 16.1. The molecule has 11 heteroatoms. The first-order valence-corrected chi connectivity index (χ1v) is 11.1. The molecule has 1 fully saturated rings. The van der Waals surface area contributed by atoms with Crippen LogP contribution in [0.3, 0.4) is 0 Å². The van der Waals surface area contributed by atoms with Crippen LogP contribution in [0, 0.1) is 6.92 Å². The zero-order valence-corrected chi connectivity index (χ0v) is 18.8. The zero-order chi connectivity index (χ0) is 21.4. The number of piperazine rings is 1. The second-order valence-corrected chi connectivity index (χ2v) is 8.76. The molecule has 0 unspecified atom stereocenters. The molecule has 2 aromatic heterocycles. The van der Waals surface area contributed by atoms with E-state index in [2.05, 4.69) is 15.0 Å². The third kappa shape index (κ3) is 3.94. The molecule has 0 bridgehead atoms. The molecule has 0 aliphatic carbocycles. The van der Waals surface area contributed by atoms with Crippen LogP contribution in [-0.2, 0) is 4.74 Å². The van der Waals surface area contributed by atoms with E-state index in [1.165, 1.54) is 15.9 Å². The second-order valence-electron chi connectivity index (χ2n) is 6.94. The Morgan fingerprint density at radius 2 is 2.00 bits per heavy atom. The van der Waals surface area contributed by atoms with Gasteiger partial charge in [0, 0.05) is 26.2 Å². The minimum atomic E-state index is -0.305. The van der Waals surface area contributed by atoms with Gasteiger partial charge in [0.05, 0.1) is 27.6 Å². The lowest BCUT2D eigenvalue weighted by Crippen LogP contribution is -2.49. The molecule has 1 aliphatic heterocycles. The van der Waals surface area contributed by atoms with E-state index < -0.39 is 0 Å². The molecule has 3 heterocycles. The number of rotatable bonds is 4. The summed E-state index contributed by atoms with van der Waals surface area (Å²) in [7, 11) is 0. The Morgan fingerprint density at radius 3 is 2.63 bits per heavy atom. The first-order valence-electron chi connectivity index (χ1n) is 9.54. The predicted molar refractivity (Wildman–Crippen MR) is 116 cm³/mol. The third-order valence-corrected chi connectivity index (χ3v) is 6.83. The van der Waals surface area contributed by atoms with E-state index >= 15 is 0 Å². The molecule has 4 rings (SSSR count). The topological polar surface area (TPSA) is 83.2 Å². The van der Waals surface area contributed by atoms with Crippen LogP contribution in [0.2, 0.25) is 10.0 Å². The van der Waals surface area contributed by atoms with E-state index in [1.54, 1.807) is 24.8 Å². The molecule has 8 nitrogen and oxygen atoms in total. The maximum atomic E-state index is 12.1. The lowest BCUT2D eigenvalue weighted by atomic mass is 10.0. The standard InChI is InChI=1S/C19H21Cl2N5O3S/c1-3-29-19(28)25-8-6-24(7-9-25)15(12-4-5-13(20)14(21)10-12)16-17(27)26-18(30-16)22-11(2)23-26/h4-5,10,15,27H,3,6-9H2,1-2H3/t15-/m1/s1. The monoisotopic (exact) mass is 469 g/mol. The smallest absolute Gasteiger partial charge is 0.409 e. The summed E-state index contributed by atoms with van der Waals surface area (Å²) in [6.07, 6.45) is -0.305. The van der Waals surface area contributed by atoms with Crippen LogP contribution in [-0.4, -0.2) is 68.4 Å². The fourth-order valence-corrected chi connectivity index (χ4v) is 5.08. The highest BCUT2D eigenvalue weighted by Crippen LogP contribution is 2.41. The number of ether oxygens (including phenoxy) is 1. The lowest BCUT2D eigenvalue weighted by molar-refractivity contribution is 0.0715. The molecular weight excluding hydrogens is 449 g/mol. The molecule has 30 heavy (non-hydrogen) atoms. The van der Waals surface area contributed by atoms with Gasteiger partial charge in [-0.15, -0.1) is 5.10 Å². The van der Waals surface area contributed by atoms with Crippen molar-refractivity contribution in [2.45, 2.75) is 19.9 Å². The number of halogens is 2. The number of thiazole rings is 1. The van der Waals surface area contributed by atoms with Crippen molar-refractivity contribution in [1.29, 1.82) is 0 Å². The number of hydrogen-bond donors (Lipinski definition) is 1. The van der Waals surface area contributed by atoms with E-state index in [-0.39, 0.29) is 18.0 Å². The van der Waals surface area contributed by atoms with Crippen LogP contribution in [0.4, 0.5) is 4.79 Å². The Hall–Kier alpha value is -2.07. The first-order chi connectivity index (χ1) is 14.4. The average molecular weight is 470 g/mol. The fraction of sp³-hybridized carbons (Fsp3) is 0.421. The molecule has 1 N–H and O–H groups in total. The molecule has 160 valence electrons. The largest absolute Gasteiger partial charge is 0.492 e. The van der Waals surface area contributed by atoms with E-state index in [9.17, 15) is 9.90 Å². The van der Waals surface area contributed by atoms with Gasteiger partial charge in [-0.1, -0.05) is 40.6 Å². The molecule has 1 aliphatic rings. The molecule has 3 aromatic rings. The average Bonchev–Trinajstić information content (AvgIpc) is 3.23. The highest BCUT2D eigenvalue weighted by Gasteiger charge is 2.33. The Labute approximate surface area is 187 Å². The summed E-state index contributed by atoms with van der Waals surface area (Å²) in [5.41, 5.74) is 0.894. The number of fused-ring (bicyclic) bond motifs is 1. The van der Waals surface area contributed by atoms with Crippen molar-refractivity contribution >= 4 is 45.6 Å². The van der Waals surface area contributed by atoms with Gasteiger partial charge in [0.2, 0.25) is 10.8 Å². The van der Waals surface area contributed by atoms with E-state index in [1.807, 2.05) is 12.1 Å². The Bertz CT molecular complexity index is 1080. The van der Waals surface area contributed by atoms with Crippen molar-refractivity contribution in [3.05, 3.63) is 44.5 Å². The van der Waals surface area contributed by atoms with Gasteiger partial charge in [0.15, 0.2) is 0 Å². The van der Waals surface area contributed by atoms with Gasteiger partial charge < -0.3 is 14.7 Å². The number of carbonyl (C=O) groups excluding carboxylic acids is 1. The van der Waals surface area contributed by atoms with Crippen LogP contribution in [0.15, 0.2) is 18.2 Å². The number of aromatic hydroxyl groups is 1. The van der Waals surface area contributed by atoms with Gasteiger partial charge in [0.25, 0.3) is 0 Å². The number of amides is 1. The minimum Gasteiger partial charge on any atom is -0.492 e. The number of hydrogen-bond acceptors (Lipinski definition) is 7. The van der Waals surface area contributed by atoms with Crippen molar-refractivity contribution in [2.75, 3.05) is 32.8 Å². The van der Waals surface area contributed by atoms with Crippen molar-refractivity contribution in [3.8, 4) is 5.88 Å². The number of aromatic nitrogens is 3. The quantitative estimate of drug-likeness (QED) is 0.621. The summed E-state index contributed by atoms with van der Waals surface area (Å²) < 4.78 is 6.57. The Kier molecular flexibility index (Phi) is 6.06. The SMILES string of the molecule is CCOC(=O)N1CCN([C@H](c2ccc(Cl)c(Cl)c2)c2sc3nc(C)nn3c2O)CC1. The number of benzene rings is 1. The van der Waals surface area contributed by atoms with Crippen LogP contribution in [0.1, 0.15) is 29.2 Å². The summed E-state index contributed by atoms with van der Waals surface area (Å²) in [4.78, 5) is 21.7. The van der Waals surface area contributed by atoms with Crippen LogP contribution >= 0.6 is 34.5 Å². The second kappa shape index (κ2) is 8.58. The molecule has 0 radical (unpaired) electrons. The third-order valence-electron chi connectivity index (χ3n) is 5.02. The molecule has 1 aromatic carbocycles. The predicted octanol–water partition coefficient (Wildman–Crippen LogP) is 3.98. The summed E-state index contributed by atoms with van der Waals surface area (Å²) in [6, 6.07) is 5.18. The van der Waals surface area contributed by atoms with Gasteiger partial charge in [-0.3, -0.25) is 4.90 Å². The lowest BCUT2D eigenvalue weighted by Gasteiger charge is -2.38. The first kappa shape index (κ1) is 21.2. The maximum Gasteiger partial charge on any atom is 0.409 e. The Morgan fingerprint density at radius 1 is 1.27 bits per heavy atom. The number of nitrogens with zero attached hydrogens (tertiary/aromatic N) is 5. The van der Waals surface area contributed by atoms with E-state index in [4.69, 9.17) is 27.9 Å². The zero-order valence-electron chi connectivity index (χ0n) is 16.5. The highest BCUT2D eigenvalue weighted by atomic mass is 35.5. The summed E-state index contributed by atoms with van der Waals surface area (Å²) in [6.45, 7) is 6.19. The van der Waals surface area contributed by atoms with E-state index in [0.717, 1.165) is 5.56 Å². The van der Waals surface area contributed by atoms with Crippen molar-refractivity contribution in [1.82, 2.24) is 24.4 Å². The van der Waals surface area contributed by atoms with Gasteiger partial charge in [0.1, 0.15) is 5.82 Å². The van der Waals surface area contributed by atoms with Crippen molar-refractivity contribution in [3.63, 3.8) is 0 Å². The van der Waals surface area contributed by atoms with Crippen molar-refractivity contribution in [2.24, 2.45) is 0 Å². The molecule has 0 saturated carbocycles. The molecule has 1 atom stereocenters. The normalized spacial score (nSPS) is 16.2. The van der Waals surface area contributed by atoms with Crippen LogP contribution in [0.5, 0.6) is 5.88 Å². The number of aryl methyl sites for hydroxylation is 1. The van der Waals surface area contributed by atoms with Crippen LogP contribution < -0.4 is 0 Å². The summed E-state index contributed by atoms with van der Waals surface area (Å²) in [5.74, 6) is 0.650. The number of carbonyl (C=O) groups is 1. The van der Waals surface area contributed by atoms with Crippen LogP contribution in [0.25, 0.3) is 4.96 Å². The Balaban J connectivity index is 1.69. The van der Waals surface area contributed by atoms with Gasteiger partial charge >= 0.3 is 6.09 Å². The van der Waals surface area contributed by atoms with Crippen molar-refractivity contribution < 1.29 is 14.6 Å². The highest BCUT2D eigenvalue weighted by molar-refractivity contribution is 7.17.